The Bertz CT molecular complexity index is 427. The Morgan fingerprint density at radius 1 is 1.15 bits per heavy atom. The van der Waals surface area contributed by atoms with E-state index in [1.54, 1.807) is 0 Å². The summed E-state index contributed by atoms with van der Waals surface area (Å²) in [6, 6.07) is 8.62. The van der Waals surface area contributed by atoms with Gasteiger partial charge in [0.25, 0.3) is 0 Å². The zero-order valence-electron chi connectivity index (χ0n) is 12.7. The molecule has 110 valence electrons. The Labute approximate surface area is 122 Å². The maximum Gasteiger partial charge on any atom is 0.238 e. The Kier molecular flexibility index (Phi) is 5.60. The van der Waals surface area contributed by atoms with Gasteiger partial charge in [0.2, 0.25) is 5.91 Å². The molecule has 3 nitrogen and oxygen atoms in total. The van der Waals surface area contributed by atoms with Crippen molar-refractivity contribution in [2.45, 2.75) is 52.1 Å². The molecule has 1 aromatic carbocycles. The molecule has 1 heterocycles. The van der Waals surface area contributed by atoms with Crippen LogP contribution in [0.25, 0.3) is 0 Å². The molecule has 2 rings (SSSR count). The van der Waals surface area contributed by atoms with Gasteiger partial charge in [-0.1, -0.05) is 57.4 Å². The van der Waals surface area contributed by atoms with E-state index in [0.29, 0.717) is 6.54 Å². The van der Waals surface area contributed by atoms with Crippen LogP contribution in [0.5, 0.6) is 0 Å². The van der Waals surface area contributed by atoms with Crippen molar-refractivity contribution in [3.63, 3.8) is 0 Å². The minimum absolute atomic E-state index is 0.0648. The molecule has 1 unspecified atom stereocenters. The molecule has 1 aliphatic heterocycles. The number of rotatable bonds is 7. The largest absolute Gasteiger partial charge is 0.322 e. The van der Waals surface area contributed by atoms with Crippen molar-refractivity contribution >= 4 is 5.91 Å². The Morgan fingerprint density at radius 2 is 1.90 bits per heavy atom. The van der Waals surface area contributed by atoms with Crippen LogP contribution in [0, 0.1) is 0 Å². The van der Waals surface area contributed by atoms with Gasteiger partial charge >= 0.3 is 0 Å². The number of carbonyl (C=O) groups is 1. The lowest BCUT2D eigenvalue weighted by Crippen LogP contribution is -2.31. The topological polar surface area (TPSA) is 32.3 Å². The highest BCUT2D eigenvalue weighted by Gasteiger charge is 2.30. The Balaban J connectivity index is 1.99. The van der Waals surface area contributed by atoms with Gasteiger partial charge in [-0.15, -0.1) is 0 Å². The fourth-order valence-electron chi connectivity index (χ4n) is 2.74. The normalized spacial score (nSPS) is 18.8. The van der Waals surface area contributed by atoms with Crippen molar-refractivity contribution in [3.05, 3.63) is 35.4 Å². The lowest BCUT2D eigenvalue weighted by molar-refractivity contribution is -0.128. The van der Waals surface area contributed by atoms with Crippen LogP contribution in [0.3, 0.4) is 0 Å². The third-order valence-corrected chi connectivity index (χ3v) is 4.03. The van der Waals surface area contributed by atoms with Gasteiger partial charge in [0.15, 0.2) is 0 Å². The molecule has 0 aromatic heterocycles. The average Bonchev–Trinajstić information content (AvgIpc) is 2.85. The minimum atomic E-state index is 0.0648. The van der Waals surface area contributed by atoms with Gasteiger partial charge in [0.05, 0.1) is 6.54 Å². The van der Waals surface area contributed by atoms with Crippen LogP contribution in [0.4, 0.5) is 0 Å². The summed E-state index contributed by atoms with van der Waals surface area (Å²) in [5.41, 5.74) is 2.54. The number of benzene rings is 1. The zero-order chi connectivity index (χ0) is 14.4. The lowest BCUT2D eigenvalue weighted by Gasteiger charge is -2.25. The second kappa shape index (κ2) is 7.44. The molecule has 1 aliphatic rings. The summed E-state index contributed by atoms with van der Waals surface area (Å²) in [5.74, 6) is 0.228. The molecule has 20 heavy (non-hydrogen) atoms. The molecule has 0 spiro atoms. The van der Waals surface area contributed by atoms with Crippen molar-refractivity contribution < 1.29 is 4.79 Å². The van der Waals surface area contributed by atoms with Crippen molar-refractivity contribution in [2.75, 3.05) is 13.1 Å². The quantitative estimate of drug-likeness (QED) is 0.774. The SMILES string of the molecule is CCCCCCN1C(=O)CNC1c1ccc(CC)cc1. The second-order valence-electron chi connectivity index (χ2n) is 5.53. The number of amides is 1. The predicted molar refractivity (Wildman–Crippen MR) is 82.4 cm³/mol. The highest BCUT2D eigenvalue weighted by Crippen LogP contribution is 2.23. The zero-order valence-corrected chi connectivity index (χ0v) is 12.7. The molecule has 0 radical (unpaired) electrons. The average molecular weight is 274 g/mol. The van der Waals surface area contributed by atoms with E-state index in [4.69, 9.17) is 0 Å². The van der Waals surface area contributed by atoms with Gasteiger partial charge in [0, 0.05) is 6.54 Å². The molecule has 1 atom stereocenters. The number of aryl methyl sites for hydroxylation is 1. The first-order valence-corrected chi connectivity index (χ1v) is 7.88. The fraction of sp³-hybridized carbons (Fsp3) is 0.588. The van der Waals surface area contributed by atoms with E-state index in [2.05, 4.69) is 43.4 Å². The van der Waals surface area contributed by atoms with E-state index in [-0.39, 0.29) is 12.1 Å². The lowest BCUT2D eigenvalue weighted by atomic mass is 10.1. The van der Waals surface area contributed by atoms with Gasteiger partial charge in [-0.3, -0.25) is 10.1 Å². The molecule has 0 saturated carbocycles. The smallest absolute Gasteiger partial charge is 0.238 e. The van der Waals surface area contributed by atoms with Crippen LogP contribution in [0.1, 0.15) is 56.8 Å². The molecule has 0 bridgehead atoms. The fourth-order valence-corrected chi connectivity index (χ4v) is 2.74. The molecular weight excluding hydrogens is 248 g/mol. The van der Waals surface area contributed by atoms with E-state index in [0.717, 1.165) is 19.4 Å². The van der Waals surface area contributed by atoms with Crippen molar-refractivity contribution in [3.8, 4) is 0 Å². The molecule has 1 saturated heterocycles. The van der Waals surface area contributed by atoms with E-state index in [1.807, 2.05) is 4.90 Å². The number of hydrogen-bond donors (Lipinski definition) is 1. The number of unbranched alkanes of at least 4 members (excludes halogenated alkanes) is 3. The van der Waals surface area contributed by atoms with Gasteiger partial charge in [-0.25, -0.2) is 0 Å². The third kappa shape index (κ3) is 3.60. The van der Waals surface area contributed by atoms with Crippen LogP contribution >= 0.6 is 0 Å². The third-order valence-electron chi connectivity index (χ3n) is 4.03. The highest BCUT2D eigenvalue weighted by atomic mass is 16.2. The summed E-state index contributed by atoms with van der Waals surface area (Å²) in [7, 11) is 0. The summed E-state index contributed by atoms with van der Waals surface area (Å²) >= 11 is 0. The molecule has 3 heteroatoms. The van der Waals surface area contributed by atoms with Gasteiger partial charge in [0.1, 0.15) is 6.17 Å². The van der Waals surface area contributed by atoms with Crippen LogP contribution in [-0.2, 0) is 11.2 Å². The van der Waals surface area contributed by atoms with Crippen molar-refractivity contribution in [1.82, 2.24) is 10.2 Å². The van der Waals surface area contributed by atoms with E-state index >= 15 is 0 Å². The molecule has 0 aliphatic carbocycles. The first kappa shape index (κ1) is 15.0. The molecule has 1 amide bonds. The summed E-state index contributed by atoms with van der Waals surface area (Å²) in [6.45, 7) is 5.70. The minimum Gasteiger partial charge on any atom is -0.322 e. The van der Waals surface area contributed by atoms with Crippen LogP contribution < -0.4 is 5.32 Å². The molecule has 1 N–H and O–H groups in total. The summed E-state index contributed by atoms with van der Waals surface area (Å²) < 4.78 is 0. The molecule has 1 aromatic rings. The maximum atomic E-state index is 12.0. The van der Waals surface area contributed by atoms with E-state index in [9.17, 15) is 4.79 Å². The first-order chi connectivity index (χ1) is 9.76. The number of hydrogen-bond acceptors (Lipinski definition) is 2. The highest BCUT2D eigenvalue weighted by molar-refractivity contribution is 5.80. The van der Waals surface area contributed by atoms with Gasteiger partial charge in [-0.05, 0) is 24.0 Å². The number of nitrogens with zero attached hydrogens (tertiary/aromatic N) is 1. The van der Waals surface area contributed by atoms with Gasteiger partial charge < -0.3 is 4.90 Å². The standard InChI is InChI=1S/C17H26N2O/c1-3-5-6-7-12-19-16(20)13-18-17(19)15-10-8-14(4-2)9-11-15/h8-11,17-18H,3-7,12-13H2,1-2H3. The van der Waals surface area contributed by atoms with Crippen LogP contribution in [-0.4, -0.2) is 23.9 Å². The first-order valence-electron chi connectivity index (χ1n) is 7.88. The van der Waals surface area contributed by atoms with E-state index in [1.165, 1.54) is 30.4 Å². The van der Waals surface area contributed by atoms with Gasteiger partial charge in [-0.2, -0.15) is 0 Å². The Hall–Kier alpha value is -1.35. The number of nitrogens with one attached hydrogen (secondary N) is 1. The Morgan fingerprint density at radius 3 is 2.55 bits per heavy atom. The summed E-state index contributed by atoms with van der Waals surface area (Å²) in [6.07, 6.45) is 5.92. The second-order valence-corrected chi connectivity index (χ2v) is 5.53. The monoisotopic (exact) mass is 274 g/mol. The van der Waals surface area contributed by atoms with E-state index < -0.39 is 0 Å². The van der Waals surface area contributed by atoms with Crippen LogP contribution in [0.2, 0.25) is 0 Å². The van der Waals surface area contributed by atoms with Crippen LogP contribution in [0.15, 0.2) is 24.3 Å². The maximum absolute atomic E-state index is 12.0. The predicted octanol–water partition coefficient (Wildman–Crippen LogP) is 3.26. The molecule has 1 fully saturated rings. The summed E-state index contributed by atoms with van der Waals surface area (Å²) in [4.78, 5) is 14.0. The van der Waals surface area contributed by atoms with Crippen molar-refractivity contribution in [1.29, 1.82) is 0 Å². The van der Waals surface area contributed by atoms with Crippen molar-refractivity contribution in [2.24, 2.45) is 0 Å². The summed E-state index contributed by atoms with van der Waals surface area (Å²) in [5, 5.41) is 3.33. The number of carbonyl (C=O) groups excluding carboxylic acids is 1. The molecular formula is C17H26N2O.